The van der Waals surface area contributed by atoms with Crippen molar-refractivity contribution < 1.29 is 29.0 Å². The zero-order chi connectivity index (χ0) is 30.8. The fourth-order valence-corrected chi connectivity index (χ4v) is 7.53. The van der Waals surface area contributed by atoms with Crippen molar-refractivity contribution in [2.24, 2.45) is 17.8 Å². The lowest BCUT2D eigenvalue weighted by Gasteiger charge is -2.39. The number of ether oxygens (including phenoxy) is 2. The molecule has 8 nitrogen and oxygen atoms in total. The van der Waals surface area contributed by atoms with Crippen LogP contribution in [0.15, 0.2) is 86.0 Å². The third kappa shape index (κ3) is 5.21. The third-order valence-electron chi connectivity index (χ3n) is 9.61. The molecule has 0 radical (unpaired) electrons. The third-order valence-corrected chi connectivity index (χ3v) is 9.61. The first kappa shape index (κ1) is 30.7. The number of nitrogens with zero attached hydrogens (tertiary/aromatic N) is 2. The molecule has 2 aromatic rings. The molecule has 0 saturated carbocycles. The minimum Gasteiger partial charge on any atom is -0.465 e. The van der Waals surface area contributed by atoms with Crippen LogP contribution in [-0.2, 0) is 30.4 Å². The van der Waals surface area contributed by atoms with Gasteiger partial charge in [0.05, 0.1) is 30.8 Å². The lowest BCUT2D eigenvalue weighted by molar-refractivity contribution is -0.164. The molecule has 2 amide bonds. The monoisotopic (exact) mass is 586 g/mol. The van der Waals surface area contributed by atoms with Crippen LogP contribution in [-0.4, -0.2) is 69.7 Å². The van der Waals surface area contributed by atoms with Gasteiger partial charge in [-0.25, -0.2) is 0 Å². The van der Waals surface area contributed by atoms with E-state index in [9.17, 15) is 19.5 Å². The number of rotatable bonds is 13. The van der Waals surface area contributed by atoms with Crippen molar-refractivity contribution in [3.8, 4) is 0 Å². The summed E-state index contributed by atoms with van der Waals surface area (Å²) < 4.78 is 12.6. The second-order valence-electron chi connectivity index (χ2n) is 12.1. The normalized spacial score (nSPS) is 29.7. The Morgan fingerprint density at radius 2 is 1.81 bits per heavy atom. The Morgan fingerprint density at radius 1 is 1.14 bits per heavy atom. The average Bonchev–Trinajstić information content (AvgIpc) is 3.53. The first-order valence-corrected chi connectivity index (χ1v) is 15.1. The quantitative estimate of drug-likeness (QED) is 0.212. The summed E-state index contributed by atoms with van der Waals surface area (Å²) in [4.78, 5) is 46.4. The highest BCUT2D eigenvalue weighted by Gasteiger charge is 2.80. The molecule has 3 saturated heterocycles. The fraction of sp³-hybridized carbons (Fsp3) is 0.457. The van der Waals surface area contributed by atoms with E-state index in [0.29, 0.717) is 31.4 Å². The van der Waals surface area contributed by atoms with Crippen LogP contribution in [0.4, 0.5) is 0 Å². The van der Waals surface area contributed by atoms with Crippen LogP contribution in [0.1, 0.15) is 50.3 Å². The minimum absolute atomic E-state index is 0.121. The van der Waals surface area contributed by atoms with Crippen LogP contribution >= 0.6 is 0 Å². The molecule has 0 aliphatic carbocycles. The van der Waals surface area contributed by atoms with Crippen LogP contribution in [0.3, 0.4) is 0 Å². The summed E-state index contributed by atoms with van der Waals surface area (Å²) in [6.07, 6.45) is 5.19. The molecule has 3 aliphatic rings. The van der Waals surface area contributed by atoms with Gasteiger partial charge in [-0.2, -0.15) is 0 Å². The molecule has 5 rings (SSSR count). The first-order valence-electron chi connectivity index (χ1n) is 15.1. The first-order chi connectivity index (χ1) is 20.7. The summed E-state index contributed by atoms with van der Waals surface area (Å²) in [5.74, 6) is -3.09. The molecule has 228 valence electrons. The molecular weight excluding hydrogens is 544 g/mol. The van der Waals surface area contributed by atoms with Crippen molar-refractivity contribution in [2.45, 2.75) is 62.9 Å². The zero-order valence-corrected chi connectivity index (χ0v) is 25.1. The molecule has 0 aromatic heterocycles. The maximum absolute atomic E-state index is 14.8. The van der Waals surface area contributed by atoms with Crippen molar-refractivity contribution >= 4 is 17.8 Å². The molecule has 3 aliphatic heterocycles. The summed E-state index contributed by atoms with van der Waals surface area (Å²) in [6, 6.07) is 17.0. The molecule has 8 heteroatoms. The highest BCUT2D eigenvalue weighted by atomic mass is 16.6. The Hall–Kier alpha value is -3.75. The van der Waals surface area contributed by atoms with E-state index in [2.05, 4.69) is 13.2 Å². The van der Waals surface area contributed by atoms with Crippen LogP contribution in [0.2, 0.25) is 0 Å². The molecule has 2 bridgehead atoms. The van der Waals surface area contributed by atoms with Crippen LogP contribution < -0.4 is 0 Å². The number of hydrogen-bond acceptors (Lipinski definition) is 6. The average molecular weight is 587 g/mol. The van der Waals surface area contributed by atoms with E-state index < -0.39 is 47.7 Å². The van der Waals surface area contributed by atoms with Crippen molar-refractivity contribution in [1.29, 1.82) is 0 Å². The minimum atomic E-state index is -1.26. The molecule has 3 unspecified atom stereocenters. The van der Waals surface area contributed by atoms with Gasteiger partial charge in [-0.05, 0) is 43.2 Å². The summed E-state index contributed by atoms with van der Waals surface area (Å²) >= 11 is 0. The number of hydrogen-bond donors (Lipinski definition) is 1. The van der Waals surface area contributed by atoms with E-state index in [1.165, 1.54) is 4.90 Å². The zero-order valence-electron chi connectivity index (χ0n) is 25.1. The van der Waals surface area contributed by atoms with E-state index >= 15 is 0 Å². The number of aliphatic hydroxyl groups is 1. The second-order valence-corrected chi connectivity index (χ2v) is 12.1. The topological polar surface area (TPSA) is 96.4 Å². The van der Waals surface area contributed by atoms with Gasteiger partial charge in [-0.3, -0.25) is 14.4 Å². The standard InChI is InChI=1S/C35H42N2O6/c1-5-7-14-20-42-33(41)29-28-31(39)37(27(23-38)26-17-12-9-13-18-26)30(35(28)21-24(3)34(29,4)43-35)32(40)36(19-6-2)22-25-15-10-8-11-16-25/h5-6,8-13,15-18,24,27-30,38H,1-2,7,14,19-23H2,3-4H3/t24?,27-,28+,29-,30?,34+,35?/m1/s1. The van der Waals surface area contributed by atoms with E-state index in [1.54, 1.807) is 17.1 Å². The fourth-order valence-electron chi connectivity index (χ4n) is 7.53. The number of likely N-dealkylation sites (tertiary alicyclic amines) is 1. The van der Waals surface area contributed by atoms with Crippen LogP contribution in [0.25, 0.3) is 0 Å². The molecule has 3 heterocycles. The number of fused-ring (bicyclic) bond motifs is 1. The predicted octanol–water partition coefficient (Wildman–Crippen LogP) is 4.45. The lowest BCUT2D eigenvalue weighted by atomic mass is 9.62. The predicted molar refractivity (Wildman–Crippen MR) is 162 cm³/mol. The Balaban J connectivity index is 1.60. The van der Waals surface area contributed by atoms with E-state index in [1.807, 2.05) is 74.5 Å². The maximum atomic E-state index is 14.8. The van der Waals surface area contributed by atoms with Gasteiger partial charge in [0.15, 0.2) is 0 Å². The van der Waals surface area contributed by atoms with Crippen molar-refractivity contribution in [1.82, 2.24) is 9.80 Å². The molecule has 1 spiro atoms. The molecule has 7 atom stereocenters. The number of unbranched alkanes of at least 4 members (excludes halogenated alkanes) is 1. The van der Waals surface area contributed by atoms with Crippen molar-refractivity contribution in [2.75, 3.05) is 19.8 Å². The highest BCUT2D eigenvalue weighted by Crippen LogP contribution is 2.66. The molecular formula is C35H42N2O6. The van der Waals surface area contributed by atoms with E-state index in [4.69, 9.17) is 9.47 Å². The molecule has 3 fully saturated rings. The van der Waals surface area contributed by atoms with Gasteiger partial charge in [0.25, 0.3) is 0 Å². The number of allylic oxidation sites excluding steroid dienone is 1. The van der Waals surface area contributed by atoms with Gasteiger partial charge < -0.3 is 24.4 Å². The van der Waals surface area contributed by atoms with Gasteiger partial charge in [0.2, 0.25) is 11.8 Å². The Bertz CT molecular complexity index is 1350. The van der Waals surface area contributed by atoms with Gasteiger partial charge in [0.1, 0.15) is 17.6 Å². The van der Waals surface area contributed by atoms with Crippen molar-refractivity contribution in [3.05, 3.63) is 97.1 Å². The van der Waals surface area contributed by atoms with Gasteiger partial charge >= 0.3 is 5.97 Å². The SMILES string of the molecule is C=CCCCOC(=O)[C@H]1[C@H]2C(=O)N([C@H](CO)c3ccccc3)C(C(=O)N(CC=C)Cc3ccccc3)C23CC(C)[C@]1(C)O3. The van der Waals surface area contributed by atoms with Gasteiger partial charge in [-0.15, -0.1) is 13.2 Å². The van der Waals surface area contributed by atoms with Gasteiger partial charge in [-0.1, -0.05) is 79.7 Å². The molecule has 2 aromatic carbocycles. The second kappa shape index (κ2) is 12.5. The van der Waals surface area contributed by atoms with Crippen LogP contribution in [0, 0.1) is 17.8 Å². The Morgan fingerprint density at radius 3 is 2.44 bits per heavy atom. The summed E-state index contributed by atoms with van der Waals surface area (Å²) in [6.45, 7) is 11.8. The largest absolute Gasteiger partial charge is 0.465 e. The number of carbonyl (C=O) groups excluding carboxylic acids is 3. The van der Waals surface area contributed by atoms with E-state index in [-0.39, 0.29) is 30.9 Å². The Labute approximate surface area is 254 Å². The number of esters is 1. The maximum Gasteiger partial charge on any atom is 0.312 e. The Kier molecular flexibility index (Phi) is 8.90. The smallest absolute Gasteiger partial charge is 0.312 e. The number of aliphatic hydroxyl groups excluding tert-OH is 1. The number of amides is 2. The van der Waals surface area contributed by atoms with Crippen LogP contribution in [0.5, 0.6) is 0 Å². The van der Waals surface area contributed by atoms with E-state index in [0.717, 1.165) is 5.56 Å². The molecule has 1 N–H and O–H groups in total. The van der Waals surface area contributed by atoms with Gasteiger partial charge in [0, 0.05) is 13.1 Å². The summed E-state index contributed by atoms with van der Waals surface area (Å²) in [5.41, 5.74) is -0.610. The molecule has 43 heavy (non-hydrogen) atoms. The summed E-state index contributed by atoms with van der Waals surface area (Å²) in [7, 11) is 0. The summed E-state index contributed by atoms with van der Waals surface area (Å²) in [5, 5.41) is 10.7. The highest BCUT2D eigenvalue weighted by molar-refractivity contribution is 5.99. The number of carbonyl (C=O) groups is 3. The van der Waals surface area contributed by atoms with Crippen molar-refractivity contribution in [3.63, 3.8) is 0 Å². The lowest BCUT2D eigenvalue weighted by Crippen LogP contribution is -2.57. The number of benzene rings is 2.